The Morgan fingerprint density at radius 3 is 2.05 bits per heavy atom. The van der Waals surface area contributed by atoms with Gasteiger partial charge in [0.25, 0.3) is 10.2 Å². The van der Waals surface area contributed by atoms with Crippen molar-refractivity contribution in [3.63, 3.8) is 0 Å². The molecular formula is C10H20F3N3O3S. The Kier molecular flexibility index (Phi) is 5.41. The minimum absolute atomic E-state index is 0.100. The zero-order valence-electron chi connectivity index (χ0n) is 11.4. The molecule has 120 valence electrons. The van der Waals surface area contributed by atoms with Gasteiger partial charge in [-0.15, -0.1) is 0 Å². The Hall–Kier alpha value is -0.420. The number of rotatable bonds is 5. The second kappa shape index (κ2) is 6.14. The van der Waals surface area contributed by atoms with Crippen LogP contribution >= 0.6 is 0 Å². The van der Waals surface area contributed by atoms with E-state index in [1.807, 2.05) is 4.90 Å². The van der Waals surface area contributed by atoms with E-state index in [0.29, 0.717) is 19.6 Å². The maximum Gasteiger partial charge on any atom is 0.402 e. The van der Waals surface area contributed by atoms with E-state index in [1.54, 1.807) is 13.8 Å². The fourth-order valence-corrected chi connectivity index (χ4v) is 3.11. The molecule has 0 amide bonds. The highest BCUT2D eigenvalue weighted by Gasteiger charge is 2.33. The van der Waals surface area contributed by atoms with Crippen LogP contribution in [0.5, 0.6) is 0 Å². The number of alkyl halides is 3. The average Bonchev–Trinajstić information content (AvgIpc) is 2.24. The molecule has 0 atom stereocenters. The number of hydrogen-bond acceptors (Lipinski definition) is 4. The molecule has 0 aromatic heterocycles. The molecule has 0 aromatic rings. The van der Waals surface area contributed by atoms with Crippen LogP contribution in [0.4, 0.5) is 13.2 Å². The summed E-state index contributed by atoms with van der Waals surface area (Å²) in [5.74, 6) is 0. The second-order valence-corrected chi connectivity index (χ2v) is 7.18. The van der Waals surface area contributed by atoms with Crippen LogP contribution in [0, 0.1) is 0 Å². The maximum atomic E-state index is 12.0. The van der Waals surface area contributed by atoms with Gasteiger partial charge in [0.15, 0.2) is 0 Å². The lowest BCUT2D eigenvalue weighted by molar-refractivity contribution is -0.121. The molecule has 1 aliphatic rings. The molecule has 1 fully saturated rings. The summed E-state index contributed by atoms with van der Waals surface area (Å²) in [5, 5.41) is 9.66. The van der Waals surface area contributed by atoms with Gasteiger partial charge in [-0.3, -0.25) is 4.90 Å². The minimum Gasteiger partial charge on any atom is -0.389 e. The van der Waals surface area contributed by atoms with Gasteiger partial charge in [-0.1, -0.05) is 0 Å². The van der Waals surface area contributed by atoms with E-state index in [1.165, 1.54) is 4.72 Å². The Balaban J connectivity index is 2.48. The molecule has 0 aromatic carbocycles. The van der Waals surface area contributed by atoms with Crippen LogP contribution in [-0.2, 0) is 10.2 Å². The van der Waals surface area contributed by atoms with Crippen LogP contribution in [0.3, 0.4) is 0 Å². The third kappa shape index (κ3) is 6.35. The molecule has 1 rings (SSSR count). The van der Waals surface area contributed by atoms with Crippen molar-refractivity contribution in [2.24, 2.45) is 0 Å². The normalized spacial score (nSPS) is 20.3. The van der Waals surface area contributed by atoms with E-state index in [-0.39, 0.29) is 13.1 Å². The number of hydrogen-bond donors (Lipinski definition) is 2. The van der Waals surface area contributed by atoms with E-state index >= 15 is 0 Å². The fourth-order valence-electron chi connectivity index (χ4n) is 1.94. The second-order valence-electron chi connectivity index (χ2n) is 5.43. The van der Waals surface area contributed by atoms with E-state index in [2.05, 4.69) is 0 Å². The summed E-state index contributed by atoms with van der Waals surface area (Å²) >= 11 is 0. The Labute approximate surface area is 116 Å². The lowest BCUT2D eigenvalue weighted by Crippen LogP contribution is -2.54. The predicted molar refractivity (Wildman–Crippen MR) is 67.3 cm³/mol. The molecule has 20 heavy (non-hydrogen) atoms. The summed E-state index contributed by atoms with van der Waals surface area (Å²) in [7, 11) is -4.11. The summed E-state index contributed by atoms with van der Waals surface area (Å²) in [4.78, 5) is 1.87. The van der Waals surface area contributed by atoms with E-state index < -0.39 is 28.5 Å². The third-order valence-electron chi connectivity index (χ3n) is 2.74. The molecule has 6 nitrogen and oxygen atoms in total. The van der Waals surface area contributed by atoms with Gasteiger partial charge in [0.2, 0.25) is 0 Å². The van der Waals surface area contributed by atoms with Crippen LogP contribution < -0.4 is 4.72 Å². The van der Waals surface area contributed by atoms with E-state index in [9.17, 15) is 26.7 Å². The molecule has 1 aliphatic heterocycles. The lowest BCUT2D eigenvalue weighted by atomic mass is 10.1. The van der Waals surface area contributed by atoms with Crippen LogP contribution in [0.25, 0.3) is 0 Å². The zero-order chi connectivity index (χ0) is 15.6. The van der Waals surface area contributed by atoms with Gasteiger partial charge in [0.1, 0.15) is 6.54 Å². The topological polar surface area (TPSA) is 72.9 Å². The average molecular weight is 319 g/mol. The molecule has 0 saturated carbocycles. The third-order valence-corrected chi connectivity index (χ3v) is 4.29. The van der Waals surface area contributed by atoms with Gasteiger partial charge in [-0.05, 0) is 13.8 Å². The first-order valence-electron chi connectivity index (χ1n) is 6.15. The molecule has 0 spiro atoms. The molecule has 2 N–H and O–H groups in total. The molecule has 0 bridgehead atoms. The highest BCUT2D eigenvalue weighted by Crippen LogP contribution is 2.15. The number of piperazine rings is 1. The summed E-state index contributed by atoms with van der Waals surface area (Å²) < 4.78 is 61.9. The predicted octanol–water partition coefficient (Wildman–Crippen LogP) is -0.228. The number of nitrogens with one attached hydrogen (secondary N) is 1. The largest absolute Gasteiger partial charge is 0.402 e. The lowest BCUT2D eigenvalue weighted by Gasteiger charge is -2.36. The molecule has 0 radical (unpaired) electrons. The van der Waals surface area contributed by atoms with Crippen LogP contribution in [-0.4, -0.2) is 73.8 Å². The van der Waals surface area contributed by atoms with Crippen LogP contribution in [0.2, 0.25) is 0 Å². The molecule has 0 unspecified atom stereocenters. The Morgan fingerprint density at radius 1 is 1.15 bits per heavy atom. The smallest absolute Gasteiger partial charge is 0.389 e. The molecule has 10 heteroatoms. The molecule has 1 heterocycles. The number of β-amino-alcohol motifs (C(OH)–C–C–N with tert-alkyl or cyclic N) is 1. The monoisotopic (exact) mass is 319 g/mol. The van der Waals surface area contributed by atoms with Crippen LogP contribution in [0.15, 0.2) is 0 Å². The minimum atomic E-state index is -4.57. The standard InChI is InChI=1S/C10H20F3N3O3S/c1-9(2,17)8-15-3-5-16(6-4-15)20(18,19)14-7-10(11,12)13/h14,17H,3-8H2,1-2H3. The van der Waals surface area contributed by atoms with Gasteiger partial charge < -0.3 is 5.11 Å². The first kappa shape index (κ1) is 17.6. The van der Waals surface area contributed by atoms with E-state index in [0.717, 1.165) is 4.31 Å². The Bertz CT molecular complexity index is 412. The summed E-state index contributed by atoms with van der Waals surface area (Å²) in [6.45, 7) is 3.04. The van der Waals surface area contributed by atoms with Gasteiger partial charge in [-0.25, -0.2) is 0 Å². The van der Waals surface area contributed by atoms with Gasteiger partial charge in [-0.2, -0.15) is 30.6 Å². The van der Waals surface area contributed by atoms with Crippen molar-refractivity contribution < 1.29 is 26.7 Å². The highest BCUT2D eigenvalue weighted by atomic mass is 32.2. The van der Waals surface area contributed by atoms with Crippen molar-refractivity contribution in [3.8, 4) is 0 Å². The van der Waals surface area contributed by atoms with Crippen molar-refractivity contribution in [1.82, 2.24) is 13.9 Å². The van der Waals surface area contributed by atoms with E-state index in [4.69, 9.17) is 0 Å². The van der Waals surface area contributed by atoms with Crippen molar-refractivity contribution in [2.45, 2.75) is 25.6 Å². The number of nitrogens with zero attached hydrogens (tertiary/aromatic N) is 2. The molecular weight excluding hydrogens is 299 g/mol. The highest BCUT2D eigenvalue weighted by molar-refractivity contribution is 7.87. The molecule has 0 aliphatic carbocycles. The first-order chi connectivity index (χ1) is 8.89. The van der Waals surface area contributed by atoms with Gasteiger partial charge >= 0.3 is 6.18 Å². The summed E-state index contributed by atoms with van der Waals surface area (Å²) in [6, 6.07) is 0. The SMILES string of the molecule is CC(C)(O)CN1CCN(S(=O)(=O)NCC(F)(F)F)CC1. The fraction of sp³-hybridized carbons (Fsp3) is 1.00. The maximum absolute atomic E-state index is 12.0. The van der Waals surface area contributed by atoms with Crippen molar-refractivity contribution in [1.29, 1.82) is 0 Å². The van der Waals surface area contributed by atoms with Crippen molar-refractivity contribution >= 4 is 10.2 Å². The van der Waals surface area contributed by atoms with Gasteiger partial charge in [0.05, 0.1) is 5.60 Å². The van der Waals surface area contributed by atoms with Crippen LogP contribution in [0.1, 0.15) is 13.8 Å². The zero-order valence-corrected chi connectivity index (χ0v) is 12.3. The Morgan fingerprint density at radius 2 is 1.65 bits per heavy atom. The summed E-state index contributed by atoms with van der Waals surface area (Å²) in [5.41, 5.74) is -0.893. The quantitative estimate of drug-likeness (QED) is 0.734. The number of aliphatic hydroxyl groups is 1. The molecule has 1 saturated heterocycles. The van der Waals surface area contributed by atoms with Crippen molar-refractivity contribution in [3.05, 3.63) is 0 Å². The number of halogens is 3. The first-order valence-corrected chi connectivity index (χ1v) is 7.59. The van der Waals surface area contributed by atoms with Gasteiger partial charge in [0, 0.05) is 32.7 Å². The van der Waals surface area contributed by atoms with Crippen molar-refractivity contribution in [2.75, 3.05) is 39.3 Å². The summed E-state index contributed by atoms with van der Waals surface area (Å²) in [6.07, 6.45) is -4.57.